The van der Waals surface area contributed by atoms with Crippen LogP contribution in [0.25, 0.3) is 0 Å². The van der Waals surface area contributed by atoms with Crippen LogP contribution in [0.15, 0.2) is 15.9 Å². The summed E-state index contributed by atoms with van der Waals surface area (Å²) >= 11 is 5.49. The van der Waals surface area contributed by atoms with E-state index in [1.165, 1.54) is 54.3 Å². The van der Waals surface area contributed by atoms with Crippen molar-refractivity contribution in [3.05, 3.63) is 20.8 Å². The Bertz CT molecular complexity index is 455. The van der Waals surface area contributed by atoms with Gasteiger partial charge in [0.1, 0.15) is 0 Å². The van der Waals surface area contributed by atoms with Crippen LogP contribution in [-0.4, -0.2) is 18.8 Å². The highest BCUT2D eigenvalue weighted by molar-refractivity contribution is 9.10. The van der Waals surface area contributed by atoms with Gasteiger partial charge in [-0.3, -0.25) is 0 Å². The predicted octanol–water partition coefficient (Wildman–Crippen LogP) is 5.29. The summed E-state index contributed by atoms with van der Waals surface area (Å²) in [5, 5.41) is 6.02. The molecule has 3 rings (SSSR count). The van der Waals surface area contributed by atoms with Crippen molar-refractivity contribution in [2.75, 3.05) is 13.2 Å². The van der Waals surface area contributed by atoms with E-state index in [0.717, 1.165) is 13.2 Å². The highest BCUT2D eigenvalue weighted by atomic mass is 79.9. The maximum atomic E-state index is 6.22. The van der Waals surface area contributed by atoms with Crippen LogP contribution in [0.1, 0.15) is 62.8 Å². The van der Waals surface area contributed by atoms with Crippen molar-refractivity contribution in [3.8, 4) is 0 Å². The van der Waals surface area contributed by atoms with Crippen LogP contribution in [0.4, 0.5) is 0 Å². The average Bonchev–Trinajstić information content (AvgIpc) is 3.10. The smallest absolute Gasteiger partial charge is 0.0686 e. The van der Waals surface area contributed by atoms with E-state index in [2.05, 4.69) is 39.6 Å². The van der Waals surface area contributed by atoms with Gasteiger partial charge in [0.15, 0.2) is 0 Å². The van der Waals surface area contributed by atoms with Gasteiger partial charge >= 0.3 is 0 Å². The fourth-order valence-electron chi connectivity index (χ4n) is 4.01. The molecular weight excluding hydrogens is 346 g/mol. The molecule has 2 aliphatic rings. The second-order valence-corrected chi connectivity index (χ2v) is 8.45. The summed E-state index contributed by atoms with van der Waals surface area (Å²) in [6, 6.07) is 2.80. The molecule has 1 aliphatic heterocycles. The number of hydrogen-bond acceptors (Lipinski definition) is 3. The van der Waals surface area contributed by atoms with Crippen LogP contribution < -0.4 is 5.32 Å². The SMILES string of the molecule is CCCNC(c1cc(Br)cs1)C1CCOC2(CCCC2)C1. The monoisotopic (exact) mass is 371 g/mol. The van der Waals surface area contributed by atoms with Crippen molar-refractivity contribution in [1.82, 2.24) is 5.32 Å². The van der Waals surface area contributed by atoms with E-state index >= 15 is 0 Å². The van der Waals surface area contributed by atoms with Gasteiger partial charge in [0.2, 0.25) is 0 Å². The molecule has 0 radical (unpaired) electrons. The third kappa shape index (κ3) is 3.72. The second-order valence-electron chi connectivity index (χ2n) is 6.59. The molecule has 1 aromatic rings. The number of halogens is 1. The molecule has 0 bridgehead atoms. The third-order valence-electron chi connectivity index (χ3n) is 5.03. The van der Waals surface area contributed by atoms with Crippen LogP contribution in [-0.2, 0) is 4.74 Å². The number of nitrogens with one attached hydrogen (secondary N) is 1. The molecule has 2 unspecified atom stereocenters. The van der Waals surface area contributed by atoms with E-state index in [-0.39, 0.29) is 5.60 Å². The van der Waals surface area contributed by atoms with Crippen LogP contribution >= 0.6 is 27.3 Å². The number of ether oxygens (including phenoxy) is 1. The van der Waals surface area contributed by atoms with Crippen LogP contribution in [0.2, 0.25) is 0 Å². The summed E-state index contributed by atoms with van der Waals surface area (Å²) in [7, 11) is 0. The fourth-order valence-corrected chi connectivity index (χ4v) is 5.62. The fraction of sp³-hybridized carbons (Fsp3) is 0.765. The Morgan fingerprint density at radius 3 is 2.95 bits per heavy atom. The lowest BCUT2D eigenvalue weighted by molar-refractivity contribution is -0.0980. The summed E-state index contributed by atoms with van der Waals surface area (Å²) in [4.78, 5) is 1.48. The molecule has 118 valence electrons. The first kappa shape index (κ1) is 16.0. The van der Waals surface area contributed by atoms with Crippen molar-refractivity contribution in [1.29, 1.82) is 0 Å². The normalized spacial score (nSPS) is 26.3. The first-order valence-electron chi connectivity index (χ1n) is 8.34. The second kappa shape index (κ2) is 7.12. The lowest BCUT2D eigenvalue weighted by Crippen LogP contribution is -2.42. The van der Waals surface area contributed by atoms with Gasteiger partial charge in [-0.25, -0.2) is 0 Å². The summed E-state index contributed by atoms with van der Waals surface area (Å²) in [6.07, 6.45) is 8.88. The van der Waals surface area contributed by atoms with E-state index < -0.39 is 0 Å². The van der Waals surface area contributed by atoms with E-state index in [4.69, 9.17) is 4.74 Å². The number of hydrogen-bond donors (Lipinski definition) is 1. The summed E-state index contributed by atoms with van der Waals surface area (Å²) in [6.45, 7) is 4.29. The van der Waals surface area contributed by atoms with Crippen LogP contribution in [0, 0.1) is 5.92 Å². The molecule has 2 nitrogen and oxygen atoms in total. The molecular formula is C17H26BrNOS. The van der Waals surface area contributed by atoms with Crippen molar-refractivity contribution in [2.45, 2.75) is 63.5 Å². The molecule has 1 aliphatic carbocycles. The molecule has 1 aromatic heterocycles. The van der Waals surface area contributed by atoms with Gasteiger partial charge in [-0.05, 0) is 66.6 Å². The lowest BCUT2D eigenvalue weighted by atomic mass is 9.80. The zero-order chi connectivity index (χ0) is 14.7. The minimum absolute atomic E-state index is 0.212. The molecule has 2 heterocycles. The highest BCUT2D eigenvalue weighted by Gasteiger charge is 2.42. The van der Waals surface area contributed by atoms with E-state index in [1.807, 2.05) is 11.3 Å². The standard InChI is InChI=1S/C17H26BrNOS/c1-2-8-19-16(15-10-14(18)12-21-15)13-5-9-20-17(11-13)6-3-4-7-17/h10,12-13,16,19H,2-9,11H2,1H3. The van der Waals surface area contributed by atoms with Crippen LogP contribution in [0.3, 0.4) is 0 Å². The van der Waals surface area contributed by atoms with Crippen molar-refractivity contribution < 1.29 is 4.74 Å². The Labute approximate surface area is 140 Å². The molecule has 21 heavy (non-hydrogen) atoms. The molecule has 1 saturated carbocycles. The topological polar surface area (TPSA) is 21.3 Å². The van der Waals surface area contributed by atoms with E-state index in [1.54, 1.807) is 0 Å². The lowest BCUT2D eigenvalue weighted by Gasteiger charge is -2.41. The van der Waals surface area contributed by atoms with E-state index in [9.17, 15) is 0 Å². The average molecular weight is 372 g/mol. The Hall–Kier alpha value is 0.1000. The van der Waals surface area contributed by atoms with Gasteiger partial charge in [-0.2, -0.15) is 0 Å². The summed E-state index contributed by atoms with van der Waals surface area (Å²) in [5.74, 6) is 0.717. The van der Waals surface area contributed by atoms with Gasteiger partial charge in [0.25, 0.3) is 0 Å². The first-order chi connectivity index (χ1) is 10.2. The van der Waals surface area contributed by atoms with Gasteiger partial charge < -0.3 is 10.1 Å². The quantitative estimate of drug-likeness (QED) is 0.758. The van der Waals surface area contributed by atoms with Crippen molar-refractivity contribution in [3.63, 3.8) is 0 Å². The van der Waals surface area contributed by atoms with Crippen LogP contribution in [0.5, 0.6) is 0 Å². The largest absolute Gasteiger partial charge is 0.375 e. The predicted molar refractivity (Wildman–Crippen MR) is 92.9 cm³/mol. The molecule has 4 heteroatoms. The van der Waals surface area contributed by atoms with Gasteiger partial charge in [-0.1, -0.05) is 19.8 Å². The zero-order valence-electron chi connectivity index (χ0n) is 12.9. The Morgan fingerprint density at radius 1 is 1.48 bits per heavy atom. The molecule has 1 spiro atoms. The maximum Gasteiger partial charge on any atom is 0.0686 e. The van der Waals surface area contributed by atoms with Gasteiger partial charge in [0.05, 0.1) is 5.60 Å². The summed E-state index contributed by atoms with van der Waals surface area (Å²) < 4.78 is 7.43. The van der Waals surface area contributed by atoms with E-state index in [0.29, 0.717) is 12.0 Å². The minimum atomic E-state index is 0.212. The molecule has 0 amide bonds. The molecule has 2 atom stereocenters. The third-order valence-corrected chi connectivity index (χ3v) is 6.80. The zero-order valence-corrected chi connectivity index (χ0v) is 15.3. The number of thiophene rings is 1. The Kier molecular flexibility index (Phi) is 5.41. The molecule has 2 fully saturated rings. The Balaban J connectivity index is 1.75. The molecule has 1 saturated heterocycles. The number of rotatable bonds is 5. The highest BCUT2D eigenvalue weighted by Crippen LogP contribution is 2.46. The van der Waals surface area contributed by atoms with Gasteiger partial charge in [0, 0.05) is 27.4 Å². The first-order valence-corrected chi connectivity index (χ1v) is 10.0. The Morgan fingerprint density at radius 2 is 2.29 bits per heavy atom. The maximum absolute atomic E-state index is 6.22. The minimum Gasteiger partial charge on any atom is -0.375 e. The summed E-state index contributed by atoms with van der Waals surface area (Å²) in [5.41, 5.74) is 0.212. The van der Waals surface area contributed by atoms with Crippen molar-refractivity contribution >= 4 is 27.3 Å². The van der Waals surface area contributed by atoms with Gasteiger partial charge in [-0.15, -0.1) is 11.3 Å². The molecule has 0 aromatic carbocycles. The van der Waals surface area contributed by atoms with Crippen molar-refractivity contribution in [2.24, 2.45) is 5.92 Å². The molecule has 1 N–H and O–H groups in total.